The van der Waals surface area contributed by atoms with Crippen molar-refractivity contribution in [2.24, 2.45) is 9.98 Å². The number of quaternary nitrogens is 2. The number of hydrogen-bond acceptors (Lipinski definition) is 13. The standard InChI is InChI=1S/C21H24N8O2S.C20H22N8OS/c1-15-12-18(26-25-15)24-20-14-28(13-19-22-6-7-29(19)20)32-17-4-2-16(3-5-17)23-21(30)27-8-10-31-11-9-27;1-13-10-17(26-25-13)24-19-12-27(11-18-21-8-9-28(18)19)30-16-6-4-15(5-7-16)23-20(29)22-14-2-3-14/h2-7,12,14H,8-11,13H2,1H3,(H,23,30)(H2,24,25,26);4-10,12,14H,2-3,11H2,1H3,(H2,22,23,29)(H2,24,25,26)/p+2. The number of amides is 4. The number of aryl methyl sites for hydroxylation is 2. The van der Waals surface area contributed by atoms with Crippen molar-refractivity contribution in [1.29, 1.82) is 0 Å². The zero-order chi connectivity index (χ0) is 42.4. The molecule has 320 valence electrons. The molecule has 4 amide bonds. The number of nitrogens with one attached hydrogen (secondary N) is 9. The highest BCUT2D eigenvalue weighted by Crippen LogP contribution is 2.28. The van der Waals surface area contributed by atoms with Gasteiger partial charge in [0.1, 0.15) is 25.5 Å². The Balaban J connectivity index is 0.000000158. The minimum absolute atomic E-state index is 0.0909. The van der Waals surface area contributed by atoms with Crippen molar-refractivity contribution in [3.63, 3.8) is 0 Å². The number of fused-ring (bicyclic) bond motifs is 2. The Morgan fingerprint density at radius 1 is 0.726 bits per heavy atom. The lowest BCUT2D eigenvalue weighted by atomic mass is 10.3. The summed E-state index contributed by atoms with van der Waals surface area (Å²) < 4.78 is 9.57. The molecule has 0 radical (unpaired) electrons. The topological polar surface area (TPSA) is 204 Å². The van der Waals surface area contributed by atoms with Gasteiger partial charge < -0.3 is 25.6 Å². The maximum absolute atomic E-state index is 12.4. The van der Waals surface area contributed by atoms with E-state index in [4.69, 9.17) is 4.74 Å². The second-order valence-electron chi connectivity index (χ2n) is 15.1. The molecule has 0 spiro atoms. The van der Waals surface area contributed by atoms with E-state index in [2.05, 4.69) is 78.0 Å². The van der Waals surface area contributed by atoms with Crippen LogP contribution in [0.15, 0.2) is 129 Å². The van der Waals surface area contributed by atoms with Gasteiger partial charge in [0, 0.05) is 63.8 Å². The lowest BCUT2D eigenvalue weighted by Crippen LogP contribution is -3.10. The average molecular weight is 877 g/mol. The number of urea groups is 2. The van der Waals surface area contributed by atoms with Crippen LogP contribution < -0.4 is 36.4 Å². The zero-order valence-electron chi connectivity index (χ0n) is 34.1. The number of aliphatic imine (C=N–C) groups is 2. The van der Waals surface area contributed by atoms with Crippen LogP contribution in [0.4, 0.5) is 32.6 Å². The first kappa shape index (κ1) is 40.9. The monoisotopic (exact) mass is 876 g/mol. The second-order valence-corrected chi connectivity index (χ2v) is 17.3. The average Bonchev–Trinajstić information content (AvgIpc) is 3.66. The number of amidine groups is 2. The van der Waals surface area contributed by atoms with E-state index in [-0.39, 0.29) is 12.1 Å². The molecule has 7 heterocycles. The van der Waals surface area contributed by atoms with Gasteiger partial charge in [0.2, 0.25) is 23.3 Å². The molecule has 21 heteroatoms. The Hall–Kier alpha value is -6.52. The summed E-state index contributed by atoms with van der Waals surface area (Å²) in [6.07, 6.45) is 14.0. The molecule has 19 nitrogen and oxygen atoms in total. The second kappa shape index (κ2) is 18.6. The van der Waals surface area contributed by atoms with Gasteiger partial charge in [-0.3, -0.25) is 29.4 Å². The largest absolute Gasteiger partial charge is 0.378 e. The van der Waals surface area contributed by atoms with Gasteiger partial charge in [0.25, 0.3) is 0 Å². The zero-order valence-corrected chi connectivity index (χ0v) is 35.8. The van der Waals surface area contributed by atoms with Crippen LogP contribution in [0.2, 0.25) is 0 Å². The number of rotatable bonds is 11. The fourth-order valence-electron chi connectivity index (χ4n) is 6.87. The number of hydrogen-bond donors (Lipinski definition) is 9. The summed E-state index contributed by atoms with van der Waals surface area (Å²) in [4.78, 5) is 39.3. The third kappa shape index (κ3) is 10.5. The van der Waals surface area contributed by atoms with Gasteiger partial charge >= 0.3 is 12.1 Å². The van der Waals surface area contributed by atoms with Gasteiger partial charge in [-0.1, -0.05) is 0 Å². The van der Waals surface area contributed by atoms with Crippen molar-refractivity contribution >= 4 is 70.6 Å². The van der Waals surface area contributed by atoms with E-state index in [0.29, 0.717) is 45.4 Å². The molecule has 9 N–H and O–H groups in total. The highest BCUT2D eigenvalue weighted by molar-refractivity contribution is 7.97. The summed E-state index contributed by atoms with van der Waals surface area (Å²) >= 11 is 3.24. The van der Waals surface area contributed by atoms with E-state index in [0.717, 1.165) is 90.1 Å². The normalized spacial score (nSPS) is 19.9. The van der Waals surface area contributed by atoms with Gasteiger partial charge in [0.15, 0.2) is 11.6 Å². The number of aromatic nitrogens is 4. The fraction of sp³-hybridized carbons (Fsp3) is 0.268. The van der Waals surface area contributed by atoms with Crippen molar-refractivity contribution in [2.45, 2.75) is 42.5 Å². The van der Waals surface area contributed by atoms with Crippen molar-refractivity contribution in [3.05, 3.63) is 121 Å². The van der Waals surface area contributed by atoms with Crippen LogP contribution >= 0.6 is 23.9 Å². The van der Waals surface area contributed by atoms with Crippen molar-refractivity contribution in [2.75, 3.05) is 60.7 Å². The van der Waals surface area contributed by atoms with Crippen molar-refractivity contribution in [1.82, 2.24) is 39.2 Å². The van der Waals surface area contributed by atoms with Gasteiger partial charge in [-0.2, -0.15) is 10.2 Å². The summed E-state index contributed by atoms with van der Waals surface area (Å²) in [5, 5.41) is 30.0. The molecule has 1 saturated carbocycles. The van der Waals surface area contributed by atoms with Crippen molar-refractivity contribution in [3.8, 4) is 0 Å². The van der Waals surface area contributed by atoms with Gasteiger partial charge in [-0.15, -0.1) is 0 Å². The molecule has 1 aliphatic carbocycles. The molecule has 0 bridgehead atoms. The Labute approximate surface area is 366 Å². The fourth-order valence-corrected chi connectivity index (χ4v) is 8.61. The van der Waals surface area contributed by atoms with E-state index < -0.39 is 0 Å². The minimum Gasteiger partial charge on any atom is -0.378 e. The first-order valence-corrected chi connectivity index (χ1v) is 21.8. The van der Waals surface area contributed by atoms with Gasteiger partial charge in [-0.25, -0.2) is 29.4 Å². The lowest BCUT2D eigenvalue weighted by Gasteiger charge is -2.28. The highest BCUT2D eigenvalue weighted by atomic mass is 32.2. The van der Waals surface area contributed by atoms with E-state index >= 15 is 0 Å². The predicted molar refractivity (Wildman–Crippen MR) is 240 cm³/mol. The molecule has 1 saturated heterocycles. The Bertz CT molecular complexity index is 2450. The maximum atomic E-state index is 12.4. The van der Waals surface area contributed by atoms with Crippen LogP contribution in [-0.4, -0.2) is 103 Å². The Kier molecular flexibility index (Phi) is 12.3. The molecule has 2 aromatic heterocycles. The summed E-state index contributed by atoms with van der Waals surface area (Å²) in [7, 11) is 0. The Morgan fingerprint density at radius 3 is 1.69 bits per heavy atom. The number of carbonyl (C=O) groups excluding carboxylic acids is 2. The first-order chi connectivity index (χ1) is 30.3. The van der Waals surface area contributed by atoms with Crippen LogP contribution in [0.3, 0.4) is 0 Å². The van der Waals surface area contributed by atoms with Gasteiger partial charge in [0.05, 0.1) is 38.0 Å². The number of ether oxygens (including phenoxy) is 1. The number of anilines is 4. The summed E-state index contributed by atoms with van der Waals surface area (Å²) in [5.74, 6) is 5.50. The molecule has 6 aliphatic rings. The number of nitrogens with zero attached hydrogens (tertiary/aromatic N) is 7. The molecule has 10 rings (SSSR count). The molecule has 4 aromatic rings. The van der Waals surface area contributed by atoms with Gasteiger partial charge in [-0.05, 0) is 99.1 Å². The Morgan fingerprint density at radius 2 is 1.23 bits per heavy atom. The minimum atomic E-state index is -0.143. The molecular formula is C41H48N16O3S2+2. The molecule has 2 atom stereocenters. The molecule has 2 unspecified atom stereocenters. The third-order valence-corrected chi connectivity index (χ3v) is 12.0. The van der Waals surface area contributed by atoms with E-state index in [9.17, 15) is 9.59 Å². The summed E-state index contributed by atoms with van der Waals surface area (Å²) in [5.41, 5.74) is 3.55. The molecule has 5 aliphatic heterocycles. The molecule has 62 heavy (non-hydrogen) atoms. The van der Waals surface area contributed by atoms with E-state index in [1.54, 1.807) is 28.8 Å². The number of benzene rings is 2. The molecular weight excluding hydrogens is 829 g/mol. The number of carbonyl (C=O) groups is 2. The first-order valence-electron chi connectivity index (χ1n) is 20.3. The van der Waals surface area contributed by atoms with Crippen LogP contribution in [-0.2, 0) is 4.74 Å². The van der Waals surface area contributed by atoms with Crippen molar-refractivity contribution < 1.29 is 24.1 Å². The summed E-state index contributed by atoms with van der Waals surface area (Å²) in [6, 6.07) is 19.7. The predicted octanol–water partition coefficient (Wildman–Crippen LogP) is 3.59. The number of H-pyrrole nitrogens is 2. The highest BCUT2D eigenvalue weighted by Gasteiger charge is 2.33. The molecule has 2 aromatic carbocycles. The van der Waals surface area contributed by atoms with E-state index in [1.807, 2.05) is 99.3 Å². The SMILES string of the molecule is Cc1cc(NC2=CN(Sc3ccc(NC(=O)N4CCOCC4)cc3)CC3=NC=C[NH+]23)n[nH]1.Cc1cc(NC2=CN(Sc3ccc(NC(=O)NC4CC4)cc3)CC3=NC=C[NH+]23)n[nH]1. The third-order valence-electron chi connectivity index (χ3n) is 10.1. The van der Waals surface area contributed by atoms with Crippen LogP contribution in [0.25, 0.3) is 0 Å². The lowest BCUT2D eigenvalue weighted by molar-refractivity contribution is -0.699. The summed E-state index contributed by atoms with van der Waals surface area (Å²) in [6.45, 7) is 7.76. The number of aromatic amines is 2. The smallest absolute Gasteiger partial charge is 0.321 e. The van der Waals surface area contributed by atoms with Crippen LogP contribution in [0, 0.1) is 13.8 Å². The van der Waals surface area contributed by atoms with E-state index in [1.165, 1.54) is 0 Å². The van der Waals surface area contributed by atoms with Crippen LogP contribution in [0.5, 0.6) is 0 Å². The molecule has 2 fully saturated rings. The van der Waals surface area contributed by atoms with Crippen LogP contribution in [0.1, 0.15) is 24.2 Å². The number of morpholine rings is 1. The quantitative estimate of drug-likeness (QED) is 0.0998. The maximum Gasteiger partial charge on any atom is 0.321 e.